The first kappa shape index (κ1) is 12.4. The minimum Gasteiger partial charge on any atom is -0.400 e. The predicted molar refractivity (Wildman–Crippen MR) is 65.4 cm³/mol. The highest BCUT2D eigenvalue weighted by atomic mass is 28.3. The van der Waals surface area contributed by atoms with E-state index in [1.807, 2.05) is 6.07 Å². The second-order valence-electron chi connectivity index (χ2n) is 3.90. The lowest BCUT2D eigenvalue weighted by Crippen LogP contribution is -2.27. The molecule has 2 unspecified atom stereocenters. The molecule has 0 amide bonds. The maximum atomic E-state index is 5.42. The third kappa shape index (κ3) is 3.16. The molecule has 0 aliphatic heterocycles. The van der Waals surface area contributed by atoms with Gasteiger partial charge in [-0.05, 0) is 11.5 Å². The molecule has 0 radical (unpaired) electrons. The fraction of sp³-hybridized carbons (Fsp3) is 0.500. The second kappa shape index (κ2) is 6.05. The number of hydrogen-bond acceptors (Lipinski definition) is 2. The molecule has 0 aliphatic carbocycles. The second-order valence-corrected chi connectivity index (χ2v) is 6.63. The molecule has 0 aliphatic rings. The van der Waals surface area contributed by atoms with Crippen molar-refractivity contribution >= 4 is 9.28 Å². The van der Waals surface area contributed by atoms with Crippen LogP contribution in [0.15, 0.2) is 30.3 Å². The van der Waals surface area contributed by atoms with E-state index >= 15 is 0 Å². The summed E-state index contributed by atoms with van der Waals surface area (Å²) in [5.41, 5.74) is 1.83. The zero-order chi connectivity index (χ0) is 11.3. The average Bonchev–Trinajstić information content (AvgIpc) is 2.30. The third-order valence-corrected chi connectivity index (χ3v) is 5.37. The van der Waals surface area contributed by atoms with E-state index < -0.39 is 9.28 Å². The Labute approximate surface area is 94.1 Å². The maximum absolute atomic E-state index is 5.42. The first-order chi connectivity index (χ1) is 7.20. The fourth-order valence-electron chi connectivity index (χ4n) is 1.82. The third-order valence-electron chi connectivity index (χ3n) is 3.01. The van der Waals surface area contributed by atoms with Crippen molar-refractivity contribution in [3.8, 4) is 0 Å². The summed E-state index contributed by atoms with van der Waals surface area (Å²) in [6.45, 7) is 4.44. The van der Waals surface area contributed by atoms with Gasteiger partial charge in [-0.3, -0.25) is 0 Å². The molecule has 2 nitrogen and oxygen atoms in total. The quantitative estimate of drug-likeness (QED) is 0.716. The largest absolute Gasteiger partial charge is 0.400 e. The molecule has 0 fully saturated rings. The molecule has 2 atom stereocenters. The van der Waals surface area contributed by atoms with Crippen LogP contribution in [0.25, 0.3) is 0 Å². The van der Waals surface area contributed by atoms with Gasteiger partial charge in [0.25, 0.3) is 0 Å². The van der Waals surface area contributed by atoms with E-state index in [1.54, 1.807) is 14.2 Å². The molecule has 1 aromatic rings. The highest BCUT2D eigenvalue weighted by molar-refractivity contribution is 6.46. The molecule has 0 N–H and O–H groups in total. The summed E-state index contributed by atoms with van der Waals surface area (Å²) >= 11 is 0. The van der Waals surface area contributed by atoms with Crippen molar-refractivity contribution in [1.29, 1.82) is 0 Å². The van der Waals surface area contributed by atoms with Crippen LogP contribution < -0.4 is 0 Å². The van der Waals surface area contributed by atoms with E-state index in [2.05, 4.69) is 38.1 Å². The van der Waals surface area contributed by atoms with E-state index in [-0.39, 0.29) is 0 Å². The zero-order valence-corrected chi connectivity index (χ0v) is 11.1. The highest BCUT2D eigenvalue weighted by Crippen LogP contribution is 2.30. The molecule has 0 bridgehead atoms. The molecule has 1 aromatic carbocycles. The molecule has 0 aromatic heterocycles. The van der Waals surface area contributed by atoms with E-state index in [4.69, 9.17) is 8.85 Å². The topological polar surface area (TPSA) is 18.5 Å². The zero-order valence-electron chi connectivity index (χ0n) is 9.94. The molecule has 84 valence electrons. The van der Waals surface area contributed by atoms with Crippen LogP contribution in [0, 0.1) is 0 Å². The van der Waals surface area contributed by atoms with Crippen LogP contribution in [-0.4, -0.2) is 23.5 Å². The average molecular weight is 224 g/mol. The van der Waals surface area contributed by atoms with Gasteiger partial charge in [0.15, 0.2) is 0 Å². The maximum Gasteiger partial charge on any atom is 0.324 e. The Kier molecular flexibility index (Phi) is 5.01. The standard InChI is InChI=1S/C12H20O2Si/c1-10(11(2)15(13-3)14-4)12-8-6-5-7-9-12/h5-11,15H,1-4H3. The molecule has 1 rings (SSSR count). The molecule has 15 heavy (non-hydrogen) atoms. The molecule has 0 saturated carbocycles. The van der Waals surface area contributed by atoms with Gasteiger partial charge in [0.1, 0.15) is 0 Å². The van der Waals surface area contributed by atoms with Gasteiger partial charge in [0.2, 0.25) is 0 Å². The van der Waals surface area contributed by atoms with Gasteiger partial charge in [-0.1, -0.05) is 44.2 Å². The van der Waals surface area contributed by atoms with E-state index in [9.17, 15) is 0 Å². The molecule has 0 heterocycles. The summed E-state index contributed by atoms with van der Waals surface area (Å²) in [6.07, 6.45) is 0. The number of hydrogen-bond donors (Lipinski definition) is 0. The molecule has 0 saturated heterocycles. The summed E-state index contributed by atoms with van der Waals surface area (Å²) in [4.78, 5) is 0. The summed E-state index contributed by atoms with van der Waals surface area (Å²) < 4.78 is 10.8. The number of rotatable bonds is 5. The van der Waals surface area contributed by atoms with Crippen molar-refractivity contribution in [1.82, 2.24) is 0 Å². The number of benzene rings is 1. The highest BCUT2D eigenvalue weighted by Gasteiger charge is 2.26. The van der Waals surface area contributed by atoms with E-state index in [0.717, 1.165) is 0 Å². The first-order valence-electron chi connectivity index (χ1n) is 5.31. The van der Waals surface area contributed by atoms with Gasteiger partial charge < -0.3 is 8.85 Å². The lowest BCUT2D eigenvalue weighted by molar-refractivity contribution is 0.262. The van der Waals surface area contributed by atoms with Gasteiger partial charge in [-0.2, -0.15) is 0 Å². The minimum atomic E-state index is -1.51. The monoisotopic (exact) mass is 224 g/mol. The van der Waals surface area contributed by atoms with Crippen LogP contribution >= 0.6 is 0 Å². The predicted octanol–water partition coefficient (Wildman–Crippen LogP) is 2.69. The lowest BCUT2D eigenvalue weighted by Gasteiger charge is -2.25. The Morgan fingerprint density at radius 1 is 1.00 bits per heavy atom. The van der Waals surface area contributed by atoms with Gasteiger partial charge in [-0.15, -0.1) is 0 Å². The van der Waals surface area contributed by atoms with Crippen LogP contribution in [0.5, 0.6) is 0 Å². The van der Waals surface area contributed by atoms with Gasteiger partial charge in [0, 0.05) is 19.8 Å². The van der Waals surface area contributed by atoms with Crippen molar-refractivity contribution < 1.29 is 8.85 Å². The summed E-state index contributed by atoms with van der Waals surface area (Å²) in [7, 11) is 1.98. The van der Waals surface area contributed by atoms with Crippen molar-refractivity contribution in [3.63, 3.8) is 0 Å². The van der Waals surface area contributed by atoms with Crippen molar-refractivity contribution in [2.75, 3.05) is 14.2 Å². The van der Waals surface area contributed by atoms with Crippen LogP contribution in [0.1, 0.15) is 25.3 Å². The van der Waals surface area contributed by atoms with Crippen molar-refractivity contribution in [2.45, 2.75) is 25.3 Å². The SMILES string of the molecule is CO[SiH](OC)C(C)C(C)c1ccccc1. The van der Waals surface area contributed by atoms with E-state index in [0.29, 0.717) is 11.5 Å². The molecule has 0 spiro atoms. The Hall–Kier alpha value is -0.643. The summed E-state index contributed by atoms with van der Waals surface area (Å²) in [5, 5.41) is 0. The van der Waals surface area contributed by atoms with Crippen LogP contribution in [0.2, 0.25) is 5.54 Å². The Morgan fingerprint density at radius 3 is 2.00 bits per heavy atom. The van der Waals surface area contributed by atoms with Crippen LogP contribution in [0.3, 0.4) is 0 Å². The lowest BCUT2D eigenvalue weighted by atomic mass is 9.98. The van der Waals surface area contributed by atoms with Crippen LogP contribution in [-0.2, 0) is 8.85 Å². The van der Waals surface area contributed by atoms with Crippen molar-refractivity contribution in [2.24, 2.45) is 0 Å². The van der Waals surface area contributed by atoms with Gasteiger partial charge >= 0.3 is 9.28 Å². The smallest absolute Gasteiger partial charge is 0.324 e. The minimum absolute atomic E-state index is 0.474. The van der Waals surface area contributed by atoms with Crippen molar-refractivity contribution in [3.05, 3.63) is 35.9 Å². The van der Waals surface area contributed by atoms with Gasteiger partial charge in [-0.25, -0.2) is 0 Å². The first-order valence-corrected chi connectivity index (χ1v) is 6.92. The Balaban J connectivity index is 2.71. The Morgan fingerprint density at radius 2 is 1.53 bits per heavy atom. The van der Waals surface area contributed by atoms with Crippen LogP contribution in [0.4, 0.5) is 0 Å². The van der Waals surface area contributed by atoms with Gasteiger partial charge in [0.05, 0.1) is 0 Å². The van der Waals surface area contributed by atoms with E-state index in [1.165, 1.54) is 5.56 Å². The fourth-order valence-corrected chi connectivity index (χ4v) is 3.57. The molecular formula is C12H20O2Si. The molecular weight excluding hydrogens is 204 g/mol. The molecule has 3 heteroatoms. The summed E-state index contributed by atoms with van der Waals surface area (Å²) in [6, 6.07) is 10.5. The summed E-state index contributed by atoms with van der Waals surface area (Å²) in [5.74, 6) is 0.489. The Bertz CT molecular complexity index is 272. The normalized spacial score (nSPS) is 15.3.